The number of carbonyl (C=O) groups excluding carboxylic acids is 1. The number of amides is 2. The molecule has 0 aliphatic carbocycles. The summed E-state index contributed by atoms with van der Waals surface area (Å²) in [6.07, 6.45) is 0. The summed E-state index contributed by atoms with van der Waals surface area (Å²) in [5, 5.41) is 12.0. The maximum absolute atomic E-state index is 12.1. The van der Waals surface area contributed by atoms with Crippen molar-refractivity contribution in [1.29, 1.82) is 0 Å². The minimum absolute atomic E-state index is 0.0737. The number of nitrogens with one attached hydrogen (secondary N) is 1. The first-order chi connectivity index (χ1) is 9.22. The molecule has 0 saturated carbocycles. The molecule has 0 bridgehead atoms. The van der Waals surface area contributed by atoms with Gasteiger partial charge in [-0.25, -0.2) is 4.79 Å². The lowest BCUT2D eigenvalue weighted by Gasteiger charge is -2.42. The van der Waals surface area contributed by atoms with Gasteiger partial charge >= 0.3 is 12.0 Å². The van der Waals surface area contributed by atoms with Crippen LogP contribution in [0.3, 0.4) is 0 Å². The molecular formula is C14H27N3O3. The summed E-state index contributed by atoms with van der Waals surface area (Å²) in [6, 6.07) is 0.0211. The lowest BCUT2D eigenvalue weighted by molar-refractivity contribution is -0.144. The molecule has 6 nitrogen and oxygen atoms in total. The molecule has 0 aromatic rings. The van der Waals surface area contributed by atoms with Gasteiger partial charge in [0.15, 0.2) is 0 Å². The first-order valence-electron chi connectivity index (χ1n) is 7.15. The summed E-state index contributed by atoms with van der Waals surface area (Å²) in [5.74, 6) is -0.745. The molecular weight excluding hydrogens is 258 g/mol. The maximum Gasteiger partial charge on any atom is 0.317 e. The van der Waals surface area contributed by atoms with Crippen LogP contribution in [-0.4, -0.2) is 66.7 Å². The van der Waals surface area contributed by atoms with E-state index in [0.717, 1.165) is 6.54 Å². The third-order valence-electron chi connectivity index (χ3n) is 3.97. The second-order valence-corrected chi connectivity index (χ2v) is 6.35. The molecule has 1 aliphatic rings. The molecule has 0 aromatic heterocycles. The Hall–Kier alpha value is -1.30. The Morgan fingerprint density at radius 3 is 2.25 bits per heavy atom. The molecule has 1 fully saturated rings. The van der Waals surface area contributed by atoms with Gasteiger partial charge in [0.25, 0.3) is 0 Å². The Balaban J connectivity index is 2.42. The van der Waals surface area contributed by atoms with Crippen LogP contribution in [0.4, 0.5) is 4.79 Å². The molecule has 1 heterocycles. The van der Waals surface area contributed by atoms with Gasteiger partial charge in [-0.1, -0.05) is 20.8 Å². The van der Waals surface area contributed by atoms with E-state index in [9.17, 15) is 9.59 Å². The third-order valence-corrected chi connectivity index (χ3v) is 3.97. The van der Waals surface area contributed by atoms with Gasteiger partial charge in [-0.3, -0.25) is 4.79 Å². The molecule has 1 saturated heterocycles. The van der Waals surface area contributed by atoms with Gasteiger partial charge in [0, 0.05) is 31.6 Å². The summed E-state index contributed by atoms with van der Waals surface area (Å²) in [7, 11) is 3.96. The Bertz CT molecular complexity index is 352. The van der Waals surface area contributed by atoms with Crippen molar-refractivity contribution in [1.82, 2.24) is 15.1 Å². The molecule has 0 aromatic carbocycles. The molecule has 116 valence electrons. The van der Waals surface area contributed by atoms with Crippen LogP contribution in [0.5, 0.6) is 0 Å². The van der Waals surface area contributed by atoms with Crippen LogP contribution >= 0.6 is 0 Å². The highest BCUT2D eigenvalue weighted by Gasteiger charge is 2.37. The van der Waals surface area contributed by atoms with E-state index < -0.39 is 5.97 Å². The van der Waals surface area contributed by atoms with E-state index in [1.54, 1.807) is 11.8 Å². The average molecular weight is 285 g/mol. The van der Waals surface area contributed by atoms with Crippen molar-refractivity contribution in [3.05, 3.63) is 0 Å². The minimum atomic E-state index is -0.789. The van der Waals surface area contributed by atoms with Crippen molar-refractivity contribution >= 4 is 12.0 Å². The number of urea groups is 1. The van der Waals surface area contributed by atoms with Crippen LogP contribution in [0.2, 0.25) is 0 Å². The number of hydrogen-bond donors (Lipinski definition) is 2. The number of likely N-dealkylation sites (N-methyl/N-ethyl adjacent to an activating group) is 1. The zero-order chi connectivity index (χ0) is 15.4. The summed E-state index contributed by atoms with van der Waals surface area (Å²) >= 11 is 0. The van der Waals surface area contributed by atoms with Crippen molar-refractivity contribution in [3.8, 4) is 0 Å². The van der Waals surface area contributed by atoms with Crippen LogP contribution in [-0.2, 0) is 4.79 Å². The lowest BCUT2D eigenvalue weighted by atomic mass is 9.87. The number of hydrogen-bond acceptors (Lipinski definition) is 3. The summed E-state index contributed by atoms with van der Waals surface area (Å²) < 4.78 is 0. The second kappa shape index (κ2) is 6.92. The summed E-state index contributed by atoms with van der Waals surface area (Å²) in [5.41, 5.74) is 0. The van der Waals surface area contributed by atoms with Gasteiger partial charge < -0.3 is 20.2 Å². The number of carbonyl (C=O) groups is 2. The first-order valence-corrected chi connectivity index (χ1v) is 7.15. The molecule has 1 rings (SSSR count). The predicted octanol–water partition coefficient (Wildman–Crippen LogP) is 0.935. The quantitative estimate of drug-likeness (QED) is 0.761. The molecule has 0 radical (unpaired) electrons. The number of likely N-dealkylation sites (tertiary alicyclic amines) is 1. The number of carboxylic acid groups (broad SMARTS) is 1. The molecule has 1 aliphatic heterocycles. The molecule has 2 amide bonds. The van der Waals surface area contributed by atoms with Crippen molar-refractivity contribution in [2.75, 3.05) is 33.7 Å². The standard InChI is InChI=1S/C14H27N3O3/c1-9(2)12(8-16(4)5)15-14(20)17-6-11(7-17)10(3)13(18)19/h9-12H,6-8H2,1-5H3,(H,15,20)(H,18,19). The number of aliphatic carboxylic acids is 1. The smallest absolute Gasteiger partial charge is 0.317 e. The number of nitrogens with zero attached hydrogens (tertiary/aromatic N) is 2. The highest BCUT2D eigenvalue weighted by atomic mass is 16.4. The van der Waals surface area contributed by atoms with E-state index in [-0.39, 0.29) is 23.9 Å². The normalized spacial score (nSPS) is 18.9. The maximum atomic E-state index is 12.1. The second-order valence-electron chi connectivity index (χ2n) is 6.35. The Morgan fingerprint density at radius 2 is 1.85 bits per heavy atom. The molecule has 0 spiro atoms. The van der Waals surface area contributed by atoms with E-state index in [4.69, 9.17) is 5.11 Å². The number of carboxylic acids is 1. The van der Waals surface area contributed by atoms with Crippen molar-refractivity contribution in [2.45, 2.75) is 26.8 Å². The monoisotopic (exact) mass is 285 g/mol. The van der Waals surface area contributed by atoms with Crippen LogP contribution < -0.4 is 5.32 Å². The van der Waals surface area contributed by atoms with Gasteiger partial charge in [0.05, 0.1) is 5.92 Å². The lowest BCUT2D eigenvalue weighted by Crippen LogP contribution is -2.59. The van der Waals surface area contributed by atoms with Crippen molar-refractivity contribution in [2.24, 2.45) is 17.8 Å². The summed E-state index contributed by atoms with van der Waals surface area (Å²) in [6.45, 7) is 7.73. The minimum Gasteiger partial charge on any atom is -0.481 e. The van der Waals surface area contributed by atoms with Gasteiger partial charge in [-0.05, 0) is 20.0 Å². The fourth-order valence-corrected chi connectivity index (χ4v) is 2.26. The molecule has 2 unspecified atom stereocenters. The first kappa shape index (κ1) is 16.8. The SMILES string of the molecule is CC(C)C(CN(C)C)NC(=O)N1CC(C(C)C(=O)O)C1. The van der Waals surface area contributed by atoms with Gasteiger partial charge in [-0.2, -0.15) is 0 Å². The molecule has 6 heteroatoms. The topological polar surface area (TPSA) is 72.9 Å². The predicted molar refractivity (Wildman–Crippen MR) is 77.6 cm³/mol. The van der Waals surface area contributed by atoms with E-state index in [0.29, 0.717) is 19.0 Å². The van der Waals surface area contributed by atoms with Crippen LogP contribution in [0.1, 0.15) is 20.8 Å². The highest BCUT2D eigenvalue weighted by Crippen LogP contribution is 2.24. The van der Waals surface area contributed by atoms with E-state index in [1.165, 1.54) is 0 Å². The largest absolute Gasteiger partial charge is 0.481 e. The van der Waals surface area contributed by atoms with Crippen molar-refractivity contribution < 1.29 is 14.7 Å². The fraction of sp³-hybridized carbons (Fsp3) is 0.857. The fourth-order valence-electron chi connectivity index (χ4n) is 2.26. The Morgan fingerprint density at radius 1 is 1.30 bits per heavy atom. The van der Waals surface area contributed by atoms with Crippen LogP contribution in [0, 0.1) is 17.8 Å². The zero-order valence-electron chi connectivity index (χ0n) is 13.1. The van der Waals surface area contributed by atoms with Gasteiger partial charge in [0.2, 0.25) is 0 Å². The number of rotatable bonds is 6. The highest BCUT2D eigenvalue weighted by molar-refractivity contribution is 5.76. The van der Waals surface area contributed by atoms with E-state index in [2.05, 4.69) is 24.1 Å². The molecule has 20 heavy (non-hydrogen) atoms. The third kappa shape index (κ3) is 4.37. The Labute approximate surface area is 121 Å². The van der Waals surface area contributed by atoms with E-state index in [1.807, 2.05) is 14.1 Å². The van der Waals surface area contributed by atoms with Gasteiger partial charge in [0.1, 0.15) is 0 Å². The van der Waals surface area contributed by atoms with Crippen LogP contribution in [0.25, 0.3) is 0 Å². The zero-order valence-corrected chi connectivity index (χ0v) is 13.1. The van der Waals surface area contributed by atoms with Crippen molar-refractivity contribution in [3.63, 3.8) is 0 Å². The molecule has 2 N–H and O–H groups in total. The Kier molecular flexibility index (Phi) is 5.80. The summed E-state index contributed by atoms with van der Waals surface area (Å²) in [4.78, 5) is 26.7. The van der Waals surface area contributed by atoms with E-state index >= 15 is 0 Å². The van der Waals surface area contributed by atoms with Crippen LogP contribution in [0.15, 0.2) is 0 Å². The van der Waals surface area contributed by atoms with Gasteiger partial charge in [-0.15, -0.1) is 0 Å². The molecule has 2 atom stereocenters. The average Bonchev–Trinajstić information content (AvgIpc) is 2.24.